The molecule has 0 aliphatic heterocycles. The first-order chi connectivity index (χ1) is 9.04. The molecule has 104 valence electrons. The van der Waals surface area contributed by atoms with Crippen LogP contribution in [0.2, 0.25) is 0 Å². The number of anilines is 1. The number of benzene rings is 1. The smallest absolute Gasteiger partial charge is 0.214 e. The molecule has 1 aromatic rings. The zero-order chi connectivity index (χ0) is 13.5. The van der Waals surface area contributed by atoms with Crippen LogP contribution in [0, 0.1) is 5.92 Å². The van der Waals surface area contributed by atoms with Crippen molar-refractivity contribution in [1.82, 2.24) is 4.31 Å². The maximum Gasteiger partial charge on any atom is 0.214 e. The fourth-order valence-electron chi connectivity index (χ4n) is 2.37. The number of hydrogen-bond donors (Lipinski definition) is 1. The van der Waals surface area contributed by atoms with E-state index in [0.29, 0.717) is 23.9 Å². The first-order valence-electron chi connectivity index (χ1n) is 6.88. The van der Waals surface area contributed by atoms with E-state index in [1.807, 2.05) is 24.3 Å². The highest BCUT2D eigenvalue weighted by atomic mass is 32.2. The van der Waals surface area contributed by atoms with Gasteiger partial charge in [-0.25, -0.2) is 8.42 Å². The van der Waals surface area contributed by atoms with Crippen LogP contribution in [0.3, 0.4) is 0 Å². The second-order valence-electron chi connectivity index (χ2n) is 5.74. The highest BCUT2D eigenvalue weighted by Crippen LogP contribution is 2.36. The third-order valence-corrected chi connectivity index (χ3v) is 5.78. The van der Waals surface area contributed by atoms with Gasteiger partial charge in [0.15, 0.2) is 0 Å². The van der Waals surface area contributed by atoms with E-state index in [-0.39, 0.29) is 6.04 Å². The van der Waals surface area contributed by atoms with Gasteiger partial charge in [-0.1, -0.05) is 12.1 Å². The normalized spacial score (nSPS) is 19.8. The number of nitrogens with zero attached hydrogens (tertiary/aromatic N) is 1. The highest BCUT2D eigenvalue weighted by molar-refractivity contribution is 7.89. The van der Waals surface area contributed by atoms with Crippen LogP contribution >= 0.6 is 0 Å². The van der Waals surface area contributed by atoms with Crippen molar-refractivity contribution in [3.05, 3.63) is 29.8 Å². The summed E-state index contributed by atoms with van der Waals surface area (Å²) in [5, 5.41) is 0. The quantitative estimate of drug-likeness (QED) is 0.810. The molecule has 0 spiro atoms. The molecule has 0 amide bonds. The molecule has 5 heteroatoms. The molecule has 2 fully saturated rings. The molecule has 4 nitrogen and oxygen atoms in total. The molecule has 0 bridgehead atoms. The summed E-state index contributed by atoms with van der Waals surface area (Å²) in [6.07, 6.45) is 4.12. The van der Waals surface area contributed by atoms with E-state index in [0.717, 1.165) is 31.2 Å². The molecule has 1 aromatic carbocycles. The number of rotatable bonds is 6. The largest absolute Gasteiger partial charge is 0.399 e. The van der Waals surface area contributed by atoms with Gasteiger partial charge in [0.1, 0.15) is 0 Å². The maximum absolute atomic E-state index is 12.4. The fourth-order valence-corrected chi connectivity index (χ4v) is 4.50. The van der Waals surface area contributed by atoms with Gasteiger partial charge in [0.05, 0.1) is 5.75 Å². The molecule has 2 aliphatic carbocycles. The van der Waals surface area contributed by atoms with Crippen molar-refractivity contribution in [1.29, 1.82) is 0 Å². The minimum atomic E-state index is -3.11. The van der Waals surface area contributed by atoms with Gasteiger partial charge < -0.3 is 5.73 Å². The van der Waals surface area contributed by atoms with Crippen molar-refractivity contribution in [2.45, 2.75) is 38.3 Å². The van der Waals surface area contributed by atoms with Crippen LogP contribution < -0.4 is 5.73 Å². The van der Waals surface area contributed by atoms with Crippen molar-refractivity contribution >= 4 is 15.7 Å². The summed E-state index contributed by atoms with van der Waals surface area (Å²) >= 11 is 0. The molecule has 0 aromatic heterocycles. The molecule has 0 unspecified atom stereocenters. The van der Waals surface area contributed by atoms with Crippen LogP contribution in [-0.4, -0.2) is 24.5 Å². The number of nitrogens with two attached hydrogens (primary N) is 1. The van der Waals surface area contributed by atoms with E-state index >= 15 is 0 Å². The summed E-state index contributed by atoms with van der Waals surface area (Å²) in [4.78, 5) is 0. The zero-order valence-corrected chi connectivity index (χ0v) is 11.8. The van der Waals surface area contributed by atoms with E-state index in [1.54, 1.807) is 4.31 Å². The predicted molar refractivity (Wildman–Crippen MR) is 75.9 cm³/mol. The Balaban J connectivity index is 1.77. The Hall–Kier alpha value is -1.07. The zero-order valence-electron chi connectivity index (χ0n) is 11.0. The Labute approximate surface area is 114 Å². The van der Waals surface area contributed by atoms with Gasteiger partial charge in [-0.2, -0.15) is 4.31 Å². The fraction of sp³-hybridized carbons (Fsp3) is 0.571. The minimum Gasteiger partial charge on any atom is -0.399 e. The third-order valence-electron chi connectivity index (χ3n) is 3.74. The van der Waals surface area contributed by atoms with E-state index in [9.17, 15) is 8.42 Å². The van der Waals surface area contributed by atoms with Gasteiger partial charge in [-0.05, 0) is 49.3 Å². The summed E-state index contributed by atoms with van der Waals surface area (Å²) < 4.78 is 26.6. The molecule has 0 saturated heterocycles. The Morgan fingerprint density at radius 1 is 1.21 bits per heavy atom. The van der Waals surface area contributed by atoms with E-state index in [4.69, 9.17) is 5.73 Å². The van der Waals surface area contributed by atoms with Crippen molar-refractivity contribution in [2.75, 3.05) is 11.5 Å². The minimum absolute atomic E-state index is 0.213. The average molecular weight is 280 g/mol. The molecule has 0 radical (unpaired) electrons. The van der Waals surface area contributed by atoms with Gasteiger partial charge >= 0.3 is 0 Å². The van der Waals surface area contributed by atoms with Crippen LogP contribution in [-0.2, 0) is 16.6 Å². The standard InChI is InChI=1S/C14H20N2O2S/c15-13-3-1-2-12(8-13)9-16(14-6-7-14)19(17,18)10-11-4-5-11/h1-3,8,11,14H,4-7,9-10,15H2. The second kappa shape index (κ2) is 4.80. The Kier molecular flexibility index (Phi) is 3.27. The van der Waals surface area contributed by atoms with Crippen LogP contribution in [0.25, 0.3) is 0 Å². The first kappa shape index (κ1) is 12.9. The topological polar surface area (TPSA) is 63.4 Å². The molecule has 0 heterocycles. The van der Waals surface area contributed by atoms with Gasteiger partial charge in [0.2, 0.25) is 10.0 Å². The summed E-state index contributed by atoms with van der Waals surface area (Å²) in [7, 11) is -3.11. The lowest BCUT2D eigenvalue weighted by Gasteiger charge is -2.22. The summed E-state index contributed by atoms with van der Waals surface area (Å²) in [5.41, 5.74) is 7.42. The van der Waals surface area contributed by atoms with Gasteiger partial charge in [0, 0.05) is 18.3 Å². The molecule has 19 heavy (non-hydrogen) atoms. The van der Waals surface area contributed by atoms with Gasteiger partial charge in [-0.15, -0.1) is 0 Å². The molecule has 2 saturated carbocycles. The Morgan fingerprint density at radius 3 is 2.53 bits per heavy atom. The lowest BCUT2D eigenvalue weighted by molar-refractivity contribution is 0.397. The molecule has 2 N–H and O–H groups in total. The Morgan fingerprint density at radius 2 is 1.95 bits per heavy atom. The van der Waals surface area contributed by atoms with Crippen LogP contribution in [0.15, 0.2) is 24.3 Å². The maximum atomic E-state index is 12.4. The Bertz CT molecular complexity index is 563. The van der Waals surface area contributed by atoms with E-state index in [1.165, 1.54) is 0 Å². The summed E-state index contributed by atoms with van der Waals surface area (Å²) in [6, 6.07) is 7.72. The van der Waals surface area contributed by atoms with Crippen molar-refractivity contribution in [3.8, 4) is 0 Å². The predicted octanol–water partition coefficient (Wildman–Crippen LogP) is 1.97. The van der Waals surface area contributed by atoms with Crippen molar-refractivity contribution < 1.29 is 8.42 Å². The number of hydrogen-bond acceptors (Lipinski definition) is 3. The van der Waals surface area contributed by atoms with Crippen molar-refractivity contribution in [3.63, 3.8) is 0 Å². The van der Waals surface area contributed by atoms with E-state index < -0.39 is 10.0 Å². The second-order valence-corrected chi connectivity index (χ2v) is 7.71. The summed E-state index contributed by atoms with van der Waals surface area (Å²) in [6.45, 7) is 0.463. The number of sulfonamides is 1. The van der Waals surface area contributed by atoms with Crippen LogP contribution in [0.4, 0.5) is 5.69 Å². The lowest BCUT2D eigenvalue weighted by Crippen LogP contribution is -2.35. The molecule has 3 rings (SSSR count). The van der Waals surface area contributed by atoms with Crippen LogP contribution in [0.1, 0.15) is 31.2 Å². The summed E-state index contributed by atoms with van der Waals surface area (Å²) in [5.74, 6) is 0.721. The highest BCUT2D eigenvalue weighted by Gasteiger charge is 2.39. The van der Waals surface area contributed by atoms with Gasteiger partial charge in [0.25, 0.3) is 0 Å². The van der Waals surface area contributed by atoms with Gasteiger partial charge in [-0.3, -0.25) is 0 Å². The molecular formula is C14H20N2O2S. The third kappa shape index (κ3) is 3.28. The molecule has 0 atom stereocenters. The number of nitrogen functional groups attached to an aromatic ring is 1. The van der Waals surface area contributed by atoms with E-state index in [2.05, 4.69) is 0 Å². The molecule has 2 aliphatic rings. The van der Waals surface area contributed by atoms with Crippen molar-refractivity contribution in [2.24, 2.45) is 5.92 Å². The lowest BCUT2D eigenvalue weighted by atomic mass is 10.2. The SMILES string of the molecule is Nc1cccc(CN(C2CC2)S(=O)(=O)CC2CC2)c1. The molecular weight excluding hydrogens is 260 g/mol. The van der Waals surface area contributed by atoms with Crippen LogP contribution in [0.5, 0.6) is 0 Å². The first-order valence-corrected chi connectivity index (χ1v) is 8.49. The monoisotopic (exact) mass is 280 g/mol. The average Bonchev–Trinajstić information content (AvgIpc) is 3.19.